The molecule has 1 aliphatic rings. The van der Waals surface area contributed by atoms with E-state index in [-0.39, 0.29) is 0 Å². The van der Waals surface area contributed by atoms with Crippen molar-refractivity contribution in [3.63, 3.8) is 0 Å². The molecule has 0 aliphatic carbocycles. The van der Waals surface area contributed by atoms with Crippen molar-refractivity contribution < 1.29 is 4.52 Å². The summed E-state index contributed by atoms with van der Waals surface area (Å²) in [7, 11) is 3.78. The maximum absolute atomic E-state index is 6.04. The van der Waals surface area contributed by atoms with Crippen molar-refractivity contribution in [3.05, 3.63) is 53.1 Å². The molecule has 2 aromatic heterocycles. The van der Waals surface area contributed by atoms with Crippen molar-refractivity contribution in [2.45, 2.75) is 19.3 Å². The summed E-state index contributed by atoms with van der Waals surface area (Å²) in [5.41, 5.74) is 2.14. The number of nitrogens with one attached hydrogen (secondary N) is 1. The second-order valence-corrected chi connectivity index (χ2v) is 8.01. The summed E-state index contributed by atoms with van der Waals surface area (Å²) in [5.74, 6) is 2.67. The molecular weight excluding hydrogens is 402 g/mol. The molecule has 4 rings (SSSR count). The van der Waals surface area contributed by atoms with Crippen LogP contribution in [0.2, 0.25) is 5.02 Å². The molecule has 1 aromatic carbocycles. The number of nitrogens with zero attached hydrogens (tertiary/aromatic N) is 6. The van der Waals surface area contributed by atoms with E-state index >= 15 is 0 Å². The summed E-state index contributed by atoms with van der Waals surface area (Å²) in [6.45, 7) is 2.67. The minimum atomic E-state index is 0.551. The molecule has 0 saturated carbocycles. The highest BCUT2D eigenvalue weighted by molar-refractivity contribution is 6.30. The van der Waals surface area contributed by atoms with Gasteiger partial charge in [0.25, 0.3) is 0 Å². The van der Waals surface area contributed by atoms with Crippen LogP contribution >= 0.6 is 11.6 Å². The Morgan fingerprint density at radius 2 is 2.30 bits per heavy atom. The number of aryl methyl sites for hydroxylation is 1. The molecular formula is C21H26ClN7O. The molecule has 158 valence electrons. The third kappa shape index (κ3) is 4.99. The van der Waals surface area contributed by atoms with Gasteiger partial charge in [0.15, 0.2) is 5.96 Å². The van der Waals surface area contributed by atoms with Crippen LogP contribution in [0.1, 0.15) is 17.9 Å². The van der Waals surface area contributed by atoms with Gasteiger partial charge in [0.1, 0.15) is 0 Å². The Labute approximate surface area is 180 Å². The van der Waals surface area contributed by atoms with Gasteiger partial charge >= 0.3 is 0 Å². The predicted molar refractivity (Wildman–Crippen MR) is 116 cm³/mol. The van der Waals surface area contributed by atoms with Gasteiger partial charge in [-0.15, -0.1) is 0 Å². The SMILES string of the molecule is CN=C(NCCc1nc(-c2cccc(Cl)c2)no1)N1CCC(Cc2cnn(C)c2)C1. The van der Waals surface area contributed by atoms with Crippen LogP contribution in [0.25, 0.3) is 11.4 Å². The van der Waals surface area contributed by atoms with Crippen molar-refractivity contribution in [3.8, 4) is 11.4 Å². The Morgan fingerprint density at radius 1 is 1.40 bits per heavy atom. The standard InChI is InChI=1S/C21H26ClN7O/c1-23-21(29-9-7-15(14-29)10-16-12-25-28(2)13-16)24-8-6-19-26-20(27-30-19)17-4-3-5-18(22)11-17/h3-5,11-13,15H,6-10,14H2,1-2H3,(H,23,24). The van der Waals surface area contributed by atoms with Gasteiger partial charge in [-0.2, -0.15) is 10.1 Å². The number of hydrogen-bond acceptors (Lipinski definition) is 5. The van der Waals surface area contributed by atoms with Crippen LogP contribution in [0.15, 0.2) is 46.2 Å². The number of aliphatic imine (C=N–C) groups is 1. The number of hydrogen-bond donors (Lipinski definition) is 1. The molecule has 0 spiro atoms. The zero-order valence-corrected chi connectivity index (χ0v) is 18.0. The number of benzene rings is 1. The van der Waals surface area contributed by atoms with Gasteiger partial charge < -0.3 is 14.7 Å². The largest absolute Gasteiger partial charge is 0.356 e. The molecule has 1 atom stereocenters. The molecule has 3 aromatic rings. The number of rotatable bonds is 6. The lowest BCUT2D eigenvalue weighted by atomic mass is 10.0. The summed E-state index contributed by atoms with van der Waals surface area (Å²) >= 11 is 6.04. The summed E-state index contributed by atoms with van der Waals surface area (Å²) in [6, 6.07) is 7.43. The Hall–Kier alpha value is -2.87. The monoisotopic (exact) mass is 427 g/mol. The van der Waals surface area contributed by atoms with Crippen molar-refractivity contribution in [2.75, 3.05) is 26.7 Å². The molecule has 1 unspecified atom stereocenters. The van der Waals surface area contributed by atoms with Crippen LogP contribution in [0, 0.1) is 5.92 Å². The molecule has 0 radical (unpaired) electrons. The second kappa shape index (κ2) is 9.30. The number of halogens is 1. The fourth-order valence-corrected chi connectivity index (χ4v) is 4.01. The van der Waals surface area contributed by atoms with E-state index in [0.29, 0.717) is 35.6 Å². The van der Waals surface area contributed by atoms with E-state index in [1.807, 2.05) is 49.2 Å². The van der Waals surface area contributed by atoms with Crippen LogP contribution in [-0.4, -0.2) is 57.5 Å². The van der Waals surface area contributed by atoms with Crippen molar-refractivity contribution >= 4 is 17.6 Å². The van der Waals surface area contributed by atoms with E-state index in [1.165, 1.54) is 5.56 Å². The summed E-state index contributed by atoms with van der Waals surface area (Å²) < 4.78 is 7.24. The number of likely N-dealkylation sites (tertiary alicyclic amines) is 1. The molecule has 9 heteroatoms. The molecule has 8 nitrogen and oxygen atoms in total. The van der Waals surface area contributed by atoms with Crippen molar-refractivity contribution in [1.29, 1.82) is 0 Å². The maximum atomic E-state index is 6.04. The van der Waals surface area contributed by atoms with E-state index in [9.17, 15) is 0 Å². The van der Waals surface area contributed by atoms with Crippen LogP contribution in [0.3, 0.4) is 0 Å². The Bertz CT molecular complexity index is 1010. The Kier molecular flexibility index (Phi) is 6.32. The van der Waals surface area contributed by atoms with Gasteiger partial charge in [-0.25, -0.2) is 0 Å². The first kappa shape index (κ1) is 20.4. The van der Waals surface area contributed by atoms with Gasteiger partial charge in [-0.1, -0.05) is 28.9 Å². The van der Waals surface area contributed by atoms with Crippen LogP contribution in [-0.2, 0) is 19.9 Å². The molecule has 30 heavy (non-hydrogen) atoms. The van der Waals surface area contributed by atoms with Gasteiger partial charge in [0.05, 0.1) is 6.20 Å². The highest BCUT2D eigenvalue weighted by Crippen LogP contribution is 2.21. The number of guanidine groups is 1. The first-order valence-corrected chi connectivity index (χ1v) is 10.5. The Balaban J connectivity index is 1.26. The smallest absolute Gasteiger partial charge is 0.228 e. The lowest BCUT2D eigenvalue weighted by Gasteiger charge is -2.21. The zero-order chi connectivity index (χ0) is 20.9. The quantitative estimate of drug-likeness (QED) is 0.481. The van der Waals surface area contributed by atoms with Gasteiger partial charge in [0, 0.05) is 56.9 Å². The summed E-state index contributed by atoms with van der Waals surface area (Å²) in [5, 5.41) is 12.4. The van der Waals surface area contributed by atoms with Crippen molar-refractivity contribution in [2.24, 2.45) is 18.0 Å². The number of aromatic nitrogens is 4. The fraction of sp³-hybridized carbons (Fsp3) is 0.429. The Morgan fingerprint density at radius 3 is 3.07 bits per heavy atom. The summed E-state index contributed by atoms with van der Waals surface area (Å²) in [6.07, 6.45) is 6.88. The maximum Gasteiger partial charge on any atom is 0.228 e. The first-order valence-electron chi connectivity index (χ1n) is 10.1. The molecule has 3 heterocycles. The molecule has 1 fully saturated rings. The normalized spacial score (nSPS) is 17.0. The highest BCUT2D eigenvalue weighted by Gasteiger charge is 2.25. The van der Waals surface area contributed by atoms with Gasteiger partial charge in [-0.05, 0) is 36.5 Å². The van der Waals surface area contributed by atoms with Crippen LogP contribution in [0.4, 0.5) is 0 Å². The highest BCUT2D eigenvalue weighted by atomic mass is 35.5. The average Bonchev–Trinajstić information content (AvgIpc) is 3.47. The molecule has 0 amide bonds. The van der Waals surface area contributed by atoms with E-state index in [2.05, 4.69) is 36.6 Å². The van der Waals surface area contributed by atoms with E-state index in [1.54, 1.807) is 0 Å². The van der Waals surface area contributed by atoms with Crippen LogP contribution < -0.4 is 5.32 Å². The van der Waals surface area contributed by atoms with Crippen molar-refractivity contribution in [1.82, 2.24) is 30.1 Å². The third-order valence-electron chi connectivity index (χ3n) is 5.25. The second-order valence-electron chi connectivity index (χ2n) is 7.57. The first-order chi connectivity index (χ1) is 14.6. The average molecular weight is 428 g/mol. The topological polar surface area (TPSA) is 84.4 Å². The minimum Gasteiger partial charge on any atom is -0.356 e. The molecule has 1 saturated heterocycles. The molecule has 0 bridgehead atoms. The fourth-order valence-electron chi connectivity index (χ4n) is 3.82. The predicted octanol–water partition coefficient (Wildman–Crippen LogP) is 2.81. The van der Waals surface area contributed by atoms with E-state index in [4.69, 9.17) is 16.1 Å². The lowest BCUT2D eigenvalue weighted by Crippen LogP contribution is -2.41. The minimum absolute atomic E-state index is 0.551. The van der Waals surface area contributed by atoms with E-state index < -0.39 is 0 Å². The molecule has 1 aliphatic heterocycles. The lowest BCUT2D eigenvalue weighted by molar-refractivity contribution is 0.377. The van der Waals surface area contributed by atoms with Gasteiger partial charge in [0.2, 0.25) is 11.7 Å². The summed E-state index contributed by atoms with van der Waals surface area (Å²) in [4.78, 5) is 11.2. The zero-order valence-electron chi connectivity index (χ0n) is 17.3. The van der Waals surface area contributed by atoms with Crippen LogP contribution in [0.5, 0.6) is 0 Å². The van der Waals surface area contributed by atoms with E-state index in [0.717, 1.165) is 37.5 Å². The van der Waals surface area contributed by atoms with Gasteiger partial charge in [-0.3, -0.25) is 9.67 Å². The third-order valence-corrected chi connectivity index (χ3v) is 5.49. The molecule has 1 N–H and O–H groups in total.